The molecule has 1 amide bonds. The van der Waals surface area contributed by atoms with E-state index in [1.807, 2.05) is 0 Å². The van der Waals surface area contributed by atoms with Crippen LogP contribution in [0.2, 0.25) is 0 Å². The predicted molar refractivity (Wildman–Crippen MR) is 124 cm³/mol. The highest BCUT2D eigenvalue weighted by atomic mass is 79.9. The van der Waals surface area contributed by atoms with Gasteiger partial charge in [-0.2, -0.15) is 4.79 Å². The molecule has 8 nitrogen and oxygen atoms in total. The summed E-state index contributed by atoms with van der Waals surface area (Å²) in [5, 5.41) is 2.64. The van der Waals surface area contributed by atoms with Crippen molar-refractivity contribution in [2.75, 3.05) is 0 Å². The Bertz CT molecular complexity index is 856. The van der Waals surface area contributed by atoms with Crippen molar-refractivity contribution >= 4 is 35.1 Å². The molecule has 174 valence electrons. The minimum absolute atomic E-state index is 0.356. The quantitative estimate of drug-likeness (QED) is 0.201. The van der Waals surface area contributed by atoms with E-state index in [2.05, 4.69) is 26.0 Å². The van der Waals surface area contributed by atoms with Crippen molar-refractivity contribution in [2.24, 2.45) is 0 Å². The van der Waals surface area contributed by atoms with Crippen LogP contribution in [-0.2, 0) is 18.3 Å². The van der Waals surface area contributed by atoms with Crippen molar-refractivity contribution in [1.82, 2.24) is 5.32 Å². The molecule has 1 N–H and O–H groups in total. The second kappa shape index (κ2) is 9.97. The Labute approximate surface area is 193 Å². The number of ether oxygens (including phenoxy) is 1. The monoisotopic (exact) mass is 517 g/mol. The van der Waals surface area contributed by atoms with Gasteiger partial charge in [0, 0.05) is 4.47 Å². The topological polar surface area (TPSA) is 110 Å². The lowest BCUT2D eigenvalue weighted by Crippen LogP contribution is -2.40. The summed E-state index contributed by atoms with van der Waals surface area (Å²) in [4.78, 5) is 15.9. The summed E-state index contributed by atoms with van der Waals surface area (Å²) in [6.07, 6.45) is -0.778. The molecule has 0 saturated carbocycles. The van der Waals surface area contributed by atoms with Gasteiger partial charge in [0.05, 0.1) is 11.2 Å². The first kappa shape index (κ1) is 27.5. The predicted octanol–water partition coefficient (Wildman–Crippen LogP) is 6.47. The number of nitrogens with one attached hydrogen (secondary N) is 1. The van der Waals surface area contributed by atoms with Gasteiger partial charge in [-0.1, -0.05) is 28.1 Å². The summed E-state index contributed by atoms with van der Waals surface area (Å²) < 4.78 is 31.8. The third-order valence-corrected chi connectivity index (χ3v) is 6.31. The SMILES string of the molecule is CC(C)(C)OC(=O)N[C@H](C(=[N+]=[N-])P(=O)(OC(C)(C)C)OC(C)(C)C)c1ccc(Br)cc1. The zero-order valence-electron chi connectivity index (χ0n) is 19.6. The highest BCUT2D eigenvalue weighted by molar-refractivity contribution is 9.10. The first-order valence-electron chi connectivity index (χ1n) is 9.84. The zero-order chi connectivity index (χ0) is 24.3. The van der Waals surface area contributed by atoms with Crippen LogP contribution in [0.1, 0.15) is 73.9 Å². The molecule has 1 rings (SSSR count). The van der Waals surface area contributed by atoms with E-state index in [-0.39, 0.29) is 5.45 Å². The molecule has 0 heterocycles. The van der Waals surface area contributed by atoms with Crippen molar-refractivity contribution in [3.05, 3.63) is 39.8 Å². The molecular formula is C21H33BrN3O5P. The van der Waals surface area contributed by atoms with Gasteiger partial charge in [-0.25, -0.2) is 9.36 Å². The molecule has 0 aliphatic carbocycles. The van der Waals surface area contributed by atoms with Gasteiger partial charge in [-0.15, -0.1) is 0 Å². The summed E-state index contributed by atoms with van der Waals surface area (Å²) in [5.41, 5.74) is 7.53. The van der Waals surface area contributed by atoms with E-state index in [1.165, 1.54) is 0 Å². The van der Waals surface area contributed by atoms with Crippen molar-refractivity contribution < 1.29 is 27.9 Å². The first-order chi connectivity index (χ1) is 13.9. The normalized spacial score (nSPS) is 13.9. The van der Waals surface area contributed by atoms with E-state index in [9.17, 15) is 14.9 Å². The molecule has 0 saturated heterocycles. The maximum atomic E-state index is 14.0. The molecule has 0 radical (unpaired) electrons. The van der Waals surface area contributed by atoms with Crippen LogP contribution in [0.5, 0.6) is 0 Å². The third-order valence-electron chi connectivity index (χ3n) is 3.29. The average Bonchev–Trinajstić information content (AvgIpc) is 2.49. The maximum Gasteiger partial charge on any atom is 0.441 e. The summed E-state index contributed by atoms with van der Waals surface area (Å²) in [6, 6.07) is 5.73. The molecule has 0 spiro atoms. The number of hydrogen-bond donors (Lipinski definition) is 1. The van der Waals surface area contributed by atoms with Crippen molar-refractivity contribution in [3.8, 4) is 0 Å². The van der Waals surface area contributed by atoms with Gasteiger partial charge in [-0.05, 0) is 80.0 Å². The van der Waals surface area contributed by atoms with Crippen molar-refractivity contribution in [3.63, 3.8) is 0 Å². The zero-order valence-corrected chi connectivity index (χ0v) is 22.1. The van der Waals surface area contributed by atoms with E-state index >= 15 is 0 Å². The number of halogens is 1. The number of carbonyl (C=O) groups is 1. The molecule has 1 aromatic rings. The van der Waals surface area contributed by atoms with Crippen LogP contribution in [0.4, 0.5) is 4.79 Å². The molecule has 1 aromatic carbocycles. The molecular weight excluding hydrogens is 485 g/mol. The summed E-state index contributed by atoms with van der Waals surface area (Å²) >= 11 is 3.36. The number of hydrogen-bond acceptors (Lipinski definition) is 5. The van der Waals surface area contributed by atoms with Crippen LogP contribution in [0.3, 0.4) is 0 Å². The fourth-order valence-corrected chi connectivity index (χ4v) is 5.05. The molecule has 0 bridgehead atoms. The van der Waals surface area contributed by atoms with E-state index < -0.39 is 36.5 Å². The second-order valence-corrected chi connectivity index (χ2v) is 12.7. The minimum Gasteiger partial charge on any atom is -0.444 e. The number of nitrogens with zero attached hydrogens (tertiary/aromatic N) is 2. The Balaban J connectivity index is 3.58. The molecule has 31 heavy (non-hydrogen) atoms. The lowest BCUT2D eigenvalue weighted by Gasteiger charge is -2.31. The standard InChI is InChI=1S/C21H33BrN3O5P/c1-19(2,3)28-18(26)24-16(14-10-12-15(22)13-11-14)17(25-23)31(27,29-20(4,5)6)30-21(7,8)9/h10-13,16H,1-9H3,(H,24,26)/t16-/m0/s1. The third kappa shape index (κ3) is 9.67. The van der Waals surface area contributed by atoms with Crippen LogP contribution >= 0.6 is 23.5 Å². The fraction of sp³-hybridized carbons (Fsp3) is 0.619. The van der Waals surface area contributed by atoms with Gasteiger partial charge in [-0.3, -0.25) is 9.05 Å². The maximum absolute atomic E-state index is 14.0. The van der Waals surface area contributed by atoms with Gasteiger partial charge in [0.25, 0.3) is 0 Å². The number of rotatable bonds is 6. The highest BCUT2D eigenvalue weighted by Gasteiger charge is 2.51. The van der Waals surface area contributed by atoms with Gasteiger partial charge < -0.3 is 15.6 Å². The number of benzene rings is 1. The highest BCUT2D eigenvalue weighted by Crippen LogP contribution is 2.57. The van der Waals surface area contributed by atoms with Gasteiger partial charge >= 0.3 is 19.1 Å². The Morgan fingerprint density at radius 2 is 1.42 bits per heavy atom. The van der Waals surface area contributed by atoms with Gasteiger partial charge in [0.15, 0.2) is 6.04 Å². The van der Waals surface area contributed by atoms with Crippen molar-refractivity contribution in [2.45, 2.75) is 85.2 Å². The fourth-order valence-electron chi connectivity index (χ4n) is 2.48. The Hall–Kier alpha value is -1.50. The van der Waals surface area contributed by atoms with E-state index in [0.717, 1.165) is 4.47 Å². The second-order valence-electron chi connectivity index (χ2n) is 9.99. The van der Waals surface area contributed by atoms with Crippen LogP contribution in [0, 0.1) is 0 Å². The van der Waals surface area contributed by atoms with Crippen LogP contribution in [-0.4, -0.2) is 33.1 Å². The smallest absolute Gasteiger partial charge is 0.441 e. The first-order valence-corrected chi connectivity index (χ1v) is 12.2. The lowest BCUT2D eigenvalue weighted by atomic mass is 10.1. The summed E-state index contributed by atoms with van der Waals surface area (Å²) in [5.74, 6) is 0. The molecule has 0 aromatic heterocycles. The van der Waals surface area contributed by atoms with E-state index in [0.29, 0.717) is 5.56 Å². The van der Waals surface area contributed by atoms with Crippen LogP contribution in [0.15, 0.2) is 28.7 Å². The Morgan fingerprint density at radius 3 is 1.77 bits per heavy atom. The van der Waals surface area contributed by atoms with Crippen LogP contribution in [0.25, 0.3) is 5.53 Å². The molecule has 1 atom stereocenters. The van der Waals surface area contributed by atoms with Gasteiger partial charge in [0.2, 0.25) is 0 Å². The Kier molecular flexibility index (Phi) is 8.85. The Morgan fingerprint density at radius 1 is 0.968 bits per heavy atom. The molecule has 10 heteroatoms. The minimum atomic E-state index is -4.20. The van der Waals surface area contributed by atoms with Gasteiger partial charge in [0.1, 0.15) is 5.60 Å². The average molecular weight is 518 g/mol. The number of amides is 1. The summed E-state index contributed by atoms with van der Waals surface area (Å²) in [7, 11) is -4.20. The molecule has 0 unspecified atom stereocenters. The van der Waals surface area contributed by atoms with E-state index in [4.69, 9.17) is 13.8 Å². The van der Waals surface area contributed by atoms with Crippen LogP contribution < -0.4 is 5.32 Å². The largest absolute Gasteiger partial charge is 0.444 e. The van der Waals surface area contributed by atoms with E-state index in [1.54, 1.807) is 86.6 Å². The lowest BCUT2D eigenvalue weighted by molar-refractivity contribution is -0.0167. The number of alkyl carbamates (subject to hydrolysis) is 1. The molecule has 0 aliphatic heterocycles. The molecule has 0 fully saturated rings. The number of carbonyl (C=O) groups excluding carboxylic acids is 1. The van der Waals surface area contributed by atoms with Crippen molar-refractivity contribution in [1.29, 1.82) is 0 Å². The molecule has 0 aliphatic rings. The summed E-state index contributed by atoms with van der Waals surface area (Å²) in [6.45, 7) is 15.4.